The number of carbonyl (C=O) groups excluding carboxylic acids is 2. The van der Waals surface area contributed by atoms with Crippen LogP contribution in [0, 0.1) is 5.92 Å². The van der Waals surface area contributed by atoms with Crippen molar-refractivity contribution >= 4 is 35.8 Å². The summed E-state index contributed by atoms with van der Waals surface area (Å²) < 4.78 is 0. The van der Waals surface area contributed by atoms with Gasteiger partial charge >= 0.3 is 0 Å². The summed E-state index contributed by atoms with van der Waals surface area (Å²) in [6.45, 7) is 6.26. The van der Waals surface area contributed by atoms with Crippen LogP contribution >= 0.6 is 24.0 Å². The van der Waals surface area contributed by atoms with E-state index in [0.29, 0.717) is 17.1 Å². The van der Waals surface area contributed by atoms with Crippen molar-refractivity contribution in [3.8, 4) is 0 Å². The molecule has 0 saturated carbocycles. The number of nitrogens with one attached hydrogen (secondary N) is 2. The minimum absolute atomic E-state index is 0. The van der Waals surface area contributed by atoms with Crippen LogP contribution in [-0.2, 0) is 4.79 Å². The van der Waals surface area contributed by atoms with Gasteiger partial charge in [-0.25, -0.2) is 0 Å². The first-order valence-electron chi connectivity index (χ1n) is 8.46. The molecule has 0 bridgehead atoms. The molecule has 2 amide bonds. The lowest BCUT2D eigenvalue weighted by Crippen LogP contribution is -2.53. The molecule has 0 aliphatic heterocycles. The van der Waals surface area contributed by atoms with Crippen LogP contribution in [0.2, 0.25) is 5.02 Å². The van der Waals surface area contributed by atoms with Crippen molar-refractivity contribution in [2.45, 2.75) is 52.1 Å². The first-order chi connectivity index (χ1) is 11.4. The molecule has 4 N–H and O–H groups in total. The predicted molar refractivity (Wildman–Crippen MR) is 105 cm³/mol. The molecule has 0 aliphatic carbocycles. The molecule has 7 heteroatoms. The molecule has 0 fully saturated rings. The molecule has 2 atom stereocenters. The fourth-order valence-corrected chi connectivity index (χ4v) is 2.61. The molecule has 25 heavy (non-hydrogen) atoms. The summed E-state index contributed by atoms with van der Waals surface area (Å²) >= 11 is 6.05. The van der Waals surface area contributed by atoms with Crippen molar-refractivity contribution < 1.29 is 9.59 Å². The molecule has 1 aromatic rings. The van der Waals surface area contributed by atoms with Crippen LogP contribution in [-0.4, -0.2) is 30.4 Å². The smallest absolute Gasteiger partial charge is 0.253 e. The third kappa shape index (κ3) is 7.63. The second-order valence-electron chi connectivity index (χ2n) is 6.26. The summed E-state index contributed by atoms with van der Waals surface area (Å²) in [4.78, 5) is 25.0. The zero-order chi connectivity index (χ0) is 18.1. The zero-order valence-corrected chi connectivity index (χ0v) is 16.6. The van der Waals surface area contributed by atoms with Crippen molar-refractivity contribution in [3.05, 3.63) is 34.9 Å². The Balaban J connectivity index is 0.00000576. The lowest BCUT2D eigenvalue weighted by atomic mass is 10.0. The number of carbonyl (C=O) groups is 2. The molecule has 0 aromatic heterocycles. The number of unbranched alkanes of at least 4 members (excludes halogenated alkanes) is 1. The van der Waals surface area contributed by atoms with Gasteiger partial charge in [0.1, 0.15) is 6.04 Å². The number of benzene rings is 1. The average molecular weight is 390 g/mol. The Labute approximate surface area is 161 Å². The molecule has 2 unspecified atom stereocenters. The minimum Gasteiger partial charge on any atom is -0.350 e. The highest BCUT2D eigenvalue weighted by Gasteiger charge is 2.26. The maximum atomic E-state index is 12.6. The number of rotatable bonds is 9. The quantitative estimate of drug-likeness (QED) is 0.606. The van der Waals surface area contributed by atoms with Crippen molar-refractivity contribution in [1.82, 2.24) is 10.6 Å². The molecule has 0 spiro atoms. The van der Waals surface area contributed by atoms with E-state index in [-0.39, 0.29) is 36.2 Å². The molecule has 142 valence electrons. The Morgan fingerprint density at radius 1 is 1.20 bits per heavy atom. The lowest BCUT2D eigenvalue weighted by molar-refractivity contribution is -0.124. The van der Waals surface area contributed by atoms with Crippen molar-refractivity contribution in [1.29, 1.82) is 0 Å². The summed E-state index contributed by atoms with van der Waals surface area (Å²) in [5, 5.41) is 6.09. The average Bonchev–Trinajstić information content (AvgIpc) is 2.56. The van der Waals surface area contributed by atoms with E-state index in [1.54, 1.807) is 24.3 Å². The summed E-state index contributed by atoms with van der Waals surface area (Å²) in [7, 11) is 0. The van der Waals surface area contributed by atoms with Gasteiger partial charge in [0.25, 0.3) is 5.91 Å². The van der Waals surface area contributed by atoms with Gasteiger partial charge < -0.3 is 16.4 Å². The summed E-state index contributed by atoms with van der Waals surface area (Å²) in [6.07, 6.45) is 2.88. The molecule has 0 radical (unpaired) electrons. The number of hydrogen-bond donors (Lipinski definition) is 3. The highest BCUT2D eigenvalue weighted by atomic mass is 35.5. The van der Waals surface area contributed by atoms with Gasteiger partial charge in [-0.05, 0) is 24.5 Å². The predicted octanol–water partition coefficient (Wildman–Crippen LogP) is 3.15. The fraction of sp³-hybridized carbons (Fsp3) is 0.556. The van der Waals surface area contributed by atoms with Crippen LogP contribution in [0.25, 0.3) is 0 Å². The molecule has 1 aromatic carbocycles. The van der Waals surface area contributed by atoms with E-state index < -0.39 is 6.04 Å². The number of halogens is 2. The van der Waals surface area contributed by atoms with Gasteiger partial charge in [0, 0.05) is 12.6 Å². The highest BCUT2D eigenvalue weighted by Crippen LogP contribution is 2.15. The van der Waals surface area contributed by atoms with E-state index in [1.807, 2.05) is 13.8 Å². The zero-order valence-electron chi connectivity index (χ0n) is 15.0. The van der Waals surface area contributed by atoms with Crippen LogP contribution in [0.4, 0.5) is 0 Å². The summed E-state index contributed by atoms with van der Waals surface area (Å²) in [5.41, 5.74) is 6.09. The van der Waals surface area contributed by atoms with Crippen molar-refractivity contribution in [2.24, 2.45) is 11.7 Å². The largest absolute Gasteiger partial charge is 0.350 e. The van der Waals surface area contributed by atoms with E-state index >= 15 is 0 Å². The SMILES string of the molecule is CCCCC(CN)NC(=O)C(NC(=O)c1ccccc1Cl)C(C)C.Cl. The Hall–Kier alpha value is -1.30. The molecular formula is C18H29Cl2N3O2. The Kier molecular flexibility index (Phi) is 11.5. The van der Waals surface area contributed by atoms with E-state index in [2.05, 4.69) is 17.6 Å². The topological polar surface area (TPSA) is 84.2 Å². The van der Waals surface area contributed by atoms with Crippen molar-refractivity contribution in [2.75, 3.05) is 6.54 Å². The first kappa shape index (κ1) is 23.7. The minimum atomic E-state index is -0.635. The number of hydrogen-bond acceptors (Lipinski definition) is 3. The Bertz CT molecular complexity index is 553. The van der Waals surface area contributed by atoms with Crippen LogP contribution < -0.4 is 16.4 Å². The van der Waals surface area contributed by atoms with E-state index in [1.165, 1.54) is 0 Å². The van der Waals surface area contributed by atoms with E-state index in [4.69, 9.17) is 17.3 Å². The number of nitrogens with two attached hydrogens (primary N) is 1. The highest BCUT2D eigenvalue weighted by molar-refractivity contribution is 6.33. The molecule has 0 saturated heterocycles. The van der Waals surface area contributed by atoms with Gasteiger partial charge in [0.2, 0.25) is 5.91 Å². The monoisotopic (exact) mass is 389 g/mol. The van der Waals surface area contributed by atoms with Gasteiger partial charge in [-0.2, -0.15) is 0 Å². The maximum Gasteiger partial charge on any atom is 0.253 e. The lowest BCUT2D eigenvalue weighted by Gasteiger charge is -2.25. The van der Waals surface area contributed by atoms with Crippen LogP contribution in [0.1, 0.15) is 50.4 Å². The second-order valence-corrected chi connectivity index (χ2v) is 6.67. The summed E-state index contributed by atoms with van der Waals surface area (Å²) in [6, 6.07) is 6.07. The van der Waals surface area contributed by atoms with E-state index in [0.717, 1.165) is 19.3 Å². The molecule has 1 rings (SSSR count). The maximum absolute atomic E-state index is 12.6. The fourth-order valence-electron chi connectivity index (χ4n) is 2.39. The first-order valence-corrected chi connectivity index (χ1v) is 8.84. The molecule has 5 nitrogen and oxygen atoms in total. The third-order valence-electron chi connectivity index (χ3n) is 3.89. The van der Waals surface area contributed by atoms with Crippen molar-refractivity contribution in [3.63, 3.8) is 0 Å². The Morgan fingerprint density at radius 3 is 2.36 bits per heavy atom. The van der Waals surface area contributed by atoms with Crippen LogP contribution in [0.5, 0.6) is 0 Å². The van der Waals surface area contributed by atoms with Gasteiger partial charge in [0.15, 0.2) is 0 Å². The Morgan fingerprint density at radius 2 is 1.84 bits per heavy atom. The second kappa shape index (κ2) is 12.1. The van der Waals surface area contributed by atoms with E-state index in [9.17, 15) is 9.59 Å². The van der Waals surface area contributed by atoms with Gasteiger partial charge in [-0.15, -0.1) is 12.4 Å². The standard InChI is InChI=1S/C18H28ClN3O2.ClH/c1-4-5-8-13(11-20)21-18(24)16(12(2)3)22-17(23)14-9-6-7-10-15(14)19;/h6-7,9-10,12-13,16H,4-5,8,11,20H2,1-3H3,(H,21,24)(H,22,23);1H. The van der Waals surface area contributed by atoms with Gasteiger partial charge in [0.05, 0.1) is 10.6 Å². The van der Waals surface area contributed by atoms with Gasteiger partial charge in [-0.1, -0.05) is 57.3 Å². The van der Waals surface area contributed by atoms with Gasteiger partial charge in [-0.3, -0.25) is 9.59 Å². The van der Waals surface area contributed by atoms with Crippen LogP contribution in [0.3, 0.4) is 0 Å². The van der Waals surface area contributed by atoms with Crippen LogP contribution in [0.15, 0.2) is 24.3 Å². The molecule has 0 heterocycles. The molecular weight excluding hydrogens is 361 g/mol. The third-order valence-corrected chi connectivity index (χ3v) is 4.22. The number of amides is 2. The normalized spacial score (nSPS) is 12.9. The summed E-state index contributed by atoms with van der Waals surface area (Å²) in [5.74, 6) is -0.620. The molecule has 0 aliphatic rings.